The zero-order valence-corrected chi connectivity index (χ0v) is 20.4. The zero-order valence-electron chi connectivity index (χ0n) is 20.4. The summed E-state index contributed by atoms with van der Waals surface area (Å²) in [6, 6.07) is 17.9. The summed E-state index contributed by atoms with van der Waals surface area (Å²) in [6.07, 6.45) is 0. The normalized spacial score (nSPS) is 18.1. The molecule has 0 spiro atoms. The Morgan fingerprint density at radius 1 is 0.972 bits per heavy atom. The van der Waals surface area contributed by atoms with Gasteiger partial charge in [-0.05, 0) is 49.2 Å². The molecule has 5 rings (SSSR count). The maximum atomic E-state index is 13.4. The standard InChI is InChI=1S/C28H27N5O3/c1-18-23(14-29)27(24(15-30)19(2)31-18)21-4-3-5-22(13-21)28(34)33-10-8-32(9-11-33)16-20-6-7-25-26(12-20)36-17-35-25/h3-7,12-13,27,31H,8-11,16-17H2,1-2H3. The molecule has 0 bridgehead atoms. The van der Waals surface area contributed by atoms with E-state index in [9.17, 15) is 15.3 Å². The van der Waals surface area contributed by atoms with Crippen molar-refractivity contribution in [1.82, 2.24) is 15.1 Å². The lowest BCUT2D eigenvalue weighted by Crippen LogP contribution is -2.48. The van der Waals surface area contributed by atoms with Crippen LogP contribution in [0.1, 0.15) is 41.3 Å². The second-order valence-electron chi connectivity index (χ2n) is 9.24. The molecule has 182 valence electrons. The van der Waals surface area contributed by atoms with Crippen LogP contribution in [0.5, 0.6) is 11.5 Å². The number of carbonyl (C=O) groups is 1. The molecule has 3 aliphatic heterocycles. The Kier molecular flexibility index (Phi) is 6.37. The molecule has 0 radical (unpaired) electrons. The fourth-order valence-corrected chi connectivity index (χ4v) is 5.06. The molecule has 1 saturated heterocycles. The fourth-order valence-electron chi connectivity index (χ4n) is 5.06. The molecule has 3 heterocycles. The molecule has 8 heteroatoms. The molecule has 2 aromatic rings. The lowest BCUT2D eigenvalue weighted by molar-refractivity contribution is 0.0628. The van der Waals surface area contributed by atoms with Crippen LogP contribution in [0.15, 0.2) is 65.0 Å². The topological polar surface area (TPSA) is 102 Å². The molecule has 1 amide bonds. The molecule has 0 atom stereocenters. The number of allylic oxidation sites excluding steroid dienone is 4. The van der Waals surface area contributed by atoms with Crippen molar-refractivity contribution < 1.29 is 14.3 Å². The van der Waals surface area contributed by atoms with Crippen molar-refractivity contribution in [3.63, 3.8) is 0 Å². The number of nitrogens with zero attached hydrogens (tertiary/aromatic N) is 4. The third kappa shape index (κ3) is 4.39. The number of hydrogen-bond acceptors (Lipinski definition) is 7. The van der Waals surface area contributed by atoms with Gasteiger partial charge in [0.25, 0.3) is 5.91 Å². The number of carbonyl (C=O) groups excluding carboxylic acids is 1. The van der Waals surface area contributed by atoms with E-state index in [1.165, 1.54) is 0 Å². The smallest absolute Gasteiger partial charge is 0.253 e. The summed E-state index contributed by atoms with van der Waals surface area (Å²) in [6.45, 7) is 7.53. The van der Waals surface area contributed by atoms with Crippen molar-refractivity contribution in [2.24, 2.45) is 0 Å². The number of nitriles is 2. The maximum absolute atomic E-state index is 13.4. The van der Waals surface area contributed by atoms with Gasteiger partial charge < -0.3 is 19.7 Å². The van der Waals surface area contributed by atoms with E-state index < -0.39 is 5.92 Å². The first kappa shape index (κ1) is 23.5. The Labute approximate surface area is 210 Å². The van der Waals surface area contributed by atoms with E-state index in [1.54, 1.807) is 6.07 Å². The first-order valence-electron chi connectivity index (χ1n) is 12.0. The highest BCUT2D eigenvalue weighted by molar-refractivity contribution is 5.94. The lowest BCUT2D eigenvalue weighted by Gasteiger charge is -2.35. The molecular weight excluding hydrogens is 454 g/mol. The summed E-state index contributed by atoms with van der Waals surface area (Å²) in [5.41, 5.74) is 4.96. The van der Waals surface area contributed by atoms with Crippen molar-refractivity contribution in [3.8, 4) is 23.6 Å². The Bertz CT molecular complexity index is 1320. The maximum Gasteiger partial charge on any atom is 0.253 e. The van der Waals surface area contributed by atoms with Crippen molar-refractivity contribution in [2.75, 3.05) is 33.0 Å². The van der Waals surface area contributed by atoms with Crippen LogP contribution in [0.2, 0.25) is 0 Å². The van der Waals surface area contributed by atoms with Gasteiger partial charge in [-0.1, -0.05) is 18.2 Å². The highest BCUT2D eigenvalue weighted by atomic mass is 16.7. The molecule has 3 aliphatic rings. The average Bonchev–Trinajstić information content (AvgIpc) is 3.36. The molecule has 2 aromatic carbocycles. The van der Waals surface area contributed by atoms with Crippen LogP contribution in [0.25, 0.3) is 0 Å². The number of hydrogen-bond donors (Lipinski definition) is 1. The van der Waals surface area contributed by atoms with Crippen LogP contribution < -0.4 is 14.8 Å². The number of dihydropyridines is 1. The van der Waals surface area contributed by atoms with Crippen LogP contribution in [0.4, 0.5) is 0 Å². The van der Waals surface area contributed by atoms with Crippen molar-refractivity contribution in [2.45, 2.75) is 26.3 Å². The lowest BCUT2D eigenvalue weighted by atomic mass is 9.81. The predicted octanol–water partition coefficient (Wildman–Crippen LogP) is 3.66. The minimum Gasteiger partial charge on any atom is -0.454 e. The molecule has 0 unspecified atom stereocenters. The number of nitrogens with one attached hydrogen (secondary N) is 1. The summed E-state index contributed by atoms with van der Waals surface area (Å²) in [5, 5.41) is 22.7. The van der Waals surface area contributed by atoms with Crippen LogP contribution in [0, 0.1) is 22.7 Å². The molecule has 8 nitrogen and oxygen atoms in total. The number of rotatable bonds is 4. The molecule has 0 aromatic heterocycles. The predicted molar refractivity (Wildman–Crippen MR) is 133 cm³/mol. The monoisotopic (exact) mass is 481 g/mol. The summed E-state index contributed by atoms with van der Waals surface area (Å²) >= 11 is 0. The summed E-state index contributed by atoms with van der Waals surface area (Å²) < 4.78 is 10.9. The Morgan fingerprint density at radius 3 is 2.36 bits per heavy atom. The summed E-state index contributed by atoms with van der Waals surface area (Å²) in [4.78, 5) is 17.6. The van der Waals surface area contributed by atoms with E-state index in [-0.39, 0.29) is 12.7 Å². The zero-order chi connectivity index (χ0) is 25.2. The number of amides is 1. The summed E-state index contributed by atoms with van der Waals surface area (Å²) in [5.74, 6) is 1.05. The molecule has 0 saturated carbocycles. The quantitative estimate of drug-likeness (QED) is 0.711. The van der Waals surface area contributed by atoms with Crippen molar-refractivity contribution in [1.29, 1.82) is 10.5 Å². The van der Waals surface area contributed by atoms with E-state index in [0.29, 0.717) is 29.8 Å². The van der Waals surface area contributed by atoms with Crippen molar-refractivity contribution in [3.05, 3.63) is 81.7 Å². The van der Waals surface area contributed by atoms with Crippen LogP contribution in [0.3, 0.4) is 0 Å². The van der Waals surface area contributed by atoms with Gasteiger partial charge in [0.05, 0.1) is 29.2 Å². The van der Waals surface area contributed by atoms with Gasteiger partial charge in [-0.25, -0.2) is 0 Å². The first-order chi connectivity index (χ1) is 17.5. The SMILES string of the molecule is CC1=C(C#N)C(c2cccc(C(=O)N3CCN(Cc4ccc5c(c4)OCO5)CC3)c2)C(C#N)=C(C)N1. The number of fused-ring (bicyclic) bond motifs is 1. The van der Waals surface area contributed by atoms with Gasteiger partial charge in [0.1, 0.15) is 0 Å². The van der Waals surface area contributed by atoms with E-state index in [2.05, 4.69) is 28.4 Å². The molecule has 1 N–H and O–H groups in total. The van der Waals surface area contributed by atoms with Gasteiger partial charge in [0.15, 0.2) is 11.5 Å². The number of ether oxygens (including phenoxy) is 2. The Morgan fingerprint density at radius 2 is 1.67 bits per heavy atom. The third-order valence-electron chi connectivity index (χ3n) is 6.97. The van der Waals surface area contributed by atoms with Gasteiger partial charge in [-0.3, -0.25) is 9.69 Å². The van der Waals surface area contributed by atoms with Crippen LogP contribution in [-0.2, 0) is 6.54 Å². The Balaban J connectivity index is 1.28. The second-order valence-corrected chi connectivity index (χ2v) is 9.24. The van der Waals surface area contributed by atoms with Gasteiger partial charge in [-0.2, -0.15) is 10.5 Å². The van der Waals surface area contributed by atoms with Gasteiger partial charge in [0, 0.05) is 49.7 Å². The van der Waals surface area contributed by atoms with E-state index in [4.69, 9.17) is 9.47 Å². The van der Waals surface area contributed by atoms with Gasteiger partial charge in [-0.15, -0.1) is 0 Å². The minimum atomic E-state index is -0.479. The van der Waals surface area contributed by atoms with E-state index in [1.807, 2.05) is 49.1 Å². The van der Waals surface area contributed by atoms with Gasteiger partial charge >= 0.3 is 0 Å². The first-order valence-corrected chi connectivity index (χ1v) is 12.0. The van der Waals surface area contributed by atoms with E-state index in [0.717, 1.165) is 53.7 Å². The highest BCUT2D eigenvalue weighted by Gasteiger charge is 2.30. The minimum absolute atomic E-state index is 0.0352. The molecule has 0 aliphatic carbocycles. The molecule has 36 heavy (non-hydrogen) atoms. The largest absolute Gasteiger partial charge is 0.454 e. The van der Waals surface area contributed by atoms with Crippen LogP contribution >= 0.6 is 0 Å². The van der Waals surface area contributed by atoms with E-state index >= 15 is 0 Å². The van der Waals surface area contributed by atoms with Crippen molar-refractivity contribution >= 4 is 5.91 Å². The molecular formula is C28H27N5O3. The third-order valence-corrected chi connectivity index (χ3v) is 6.97. The molecule has 1 fully saturated rings. The summed E-state index contributed by atoms with van der Waals surface area (Å²) in [7, 11) is 0. The second kappa shape index (κ2) is 9.77. The number of piperazine rings is 1. The Hall–Kier alpha value is -4.27. The van der Waals surface area contributed by atoms with Crippen LogP contribution in [-0.4, -0.2) is 48.7 Å². The highest BCUT2D eigenvalue weighted by Crippen LogP contribution is 2.37. The average molecular weight is 482 g/mol. The number of benzene rings is 2. The fraction of sp³-hybridized carbons (Fsp3) is 0.321. The van der Waals surface area contributed by atoms with Gasteiger partial charge in [0.2, 0.25) is 6.79 Å².